The summed E-state index contributed by atoms with van der Waals surface area (Å²) in [6, 6.07) is 0. The molecule has 0 spiro atoms. The summed E-state index contributed by atoms with van der Waals surface area (Å²) >= 11 is 0. The lowest BCUT2D eigenvalue weighted by atomic mass is 10.2. The fourth-order valence-corrected chi connectivity index (χ4v) is 1.36. The Morgan fingerprint density at radius 3 is 2.35 bits per heavy atom. The molecule has 1 aliphatic rings. The molecule has 96 valence electrons. The van der Waals surface area contributed by atoms with Gasteiger partial charge in [0.25, 0.3) is 0 Å². The number of aromatic nitrogens is 2. The van der Waals surface area contributed by atoms with Gasteiger partial charge in [0.15, 0.2) is 0 Å². The van der Waals surface area contributed by atoms with Gasteiger partial charge >= 0.3 is 0 Å². The summed E-state index contributed by atoms with van der Waals surface area (Å²) in [5, 5.41) is 2.21. The lowest BCUT2D eigenvalue weighted by molar-refractivity contribution is 1.09. The summed E-state index contributed by atoms with van der Waals surface area (Å²) in [4.78, 5) is 7.58. The number of fused-ring (bicyclic) bond motifs is 1. The zero-order valence-electron chi connectivity index (χ0n) is 12.1. The molecule has 17 heavy (non-hydrogen) atoms. The number of hydrogen-bond acceptors (Lipinski definition) is 1. The highest BCUT2D eigenvalue weighted by atomic mass is 14.9. The normalized spacial score (nSPS) is 12.2. The van der Waals surface area contributed by atoms with E-state index in [1.54, 1.807) is 0 Å². The van der Waals surface area contributed by atoms with E-state index in [2.05, 4.69) is 49.0 Å². The SMILES string of the molecule is CC.CC1=CC=c2[nH]c(C)nc2=CC1.CCC. The molecule has 0 bridgehead atoms. The second-order valence-corrected chi connectivity index (χ2v) is 3.92. The van der Waals surface area contributed by atoms with Crippen molar-refractivity contribution in [2.45, 2.75) is 54.4 Å². The van der Waals surface area contributed by atoms with E-state index in [4.69, 9.17) is 0 Å². The molecule has 0 saturated heterocycles. The second-order valence-electron chi connectivity index (χ2n) is 3.92. The Kier molecular flexibility index (Phi) is 8.12. The average Bonchev–Trinajstić information content (AvgIpc) is 2.59. The van der Waals surface area contributed by atoms with Crippen LogP contribution in [0.25, 0.3) is 12.2 Å². The van der Waals surface area contributed by atoms with Crippen molar-refractivity contribution < 1.29 is 0 Å². The van der Waals surface area contributed by atoms with E-state index in [-0.39, 0.29) is 0 Å². The first-order valence-electron chi connectivity index (χ1n) is 6.57. The highest BCUT2D eigenvalue weighted by Crippen LogP contribution is 2.01. The maximum absolute atomic E-state index is 4.37. The third-order valence-corrected chi connectivity index (χ3v) is 2.03. The highest BCUT2D eigenvalue weighted by molar-refractivity contribution is 5.44. The summed E-state index contributed by atoms with van der Waals surface area (Å²) in [5.74, 6) is 0.987. The first-order chi connectivity index (χ1) is 8.17. The molecule has 1 aliphatic carbocycles. The van der Waals surface area contributed by atoms with Crippen LogP contribution in [0.15, 0.2) is 11.6 Å². The lowest BCUT2D eigenvalue weighted by Gasteiger charge is -1.87. The van der Waals surface area contributed by atoms with Gasteiger partial charge in [0.2, 0.25) is 0 Å². The molecule has 1 aromatic rings. The third-order valence-electron chi connectivity index (χ3n) is 2.03. The zero-order valence-corrected chi connectivity index (χ0v) is 12.1. The number of H-pyrrole nitrogens is 1. The maximum atomic E-state index is 4.37. The summed E-state index contributed by atoms with van der Waals surface area (Å²) in [6.07, 6.45) is 8.65. The number of hydrogen-bond donors (Lipinski definition) is 1. The molecule has 0 aromatic carbocycles. The zero-order chi connectivity index (χ0) is 13.3. The lowest BCUT2D eigenvalue weighted by Crippen LogP contribution is -2.23. The topological polar surface area (TPSA) is 28.7 Å². The minimum atomic E-state index is 0.987. The number of aromatic amines is 1. The number of nitrogens with one attached hydrogen (secondary N) is 1. The molecule has 2 rings (SSSR count). The molecule has 1 heterocycles. The molecule has 0 aliphatic heterocycles. The van der Waals surface area contributed by atoms with Crippen LogP contribution in [-0.4, -0.2) is 9.97 Å². The molecule has 2 nitrogen and oxygen atoms in total. The van der Waals surface area contributed by atoms with Crippen molar-refractivity contribution in [2.24, 2.45) is 0 Å². The van der Waals surface area contributed by atoms with Gasteiger partial charge in [-0.3, -0.25) is 0 Å². The fraction of sp³-hybridized carbons (Fsp3) is 0.533. The van der Waals surface area contributed by atoms with Gasteiger partial charge in [0, 0.05) is 0 Å². The van der Waals surface area contributed by atoms with E-state index in [0.29, 0.717) is 0 Å². The first kappa shape index (κ1) is 15.7. The molecule has 0 saturated carbocycles. The van der Waals surface area contributed by atoms with Crippen molar-refractivity contribution >= 4 is 12.2 Å². The van der Waals surface area contributed by atoms with E-state index in [9.17, 15) is 0 Å². The summed E-state index contributed by atoms with van der Waals surface area (Å²) in [7, 11) is 0. The Morgan fingerprint density at radius 1 is 1.18 bits per heavy atom. The molecule has 1 aromatic heterocycles. The van der Waals surface area contributed by atoms with Crippen molar-refractivity contribution in [3.8, 4) is 0 Å². The van der Waals surface area contributed by atoms with Gasteiger partial charge in [-0.2, -0.15) is 0 Å². The summed E-state index contributed by atoms with van der Waals surface area (Å²) < 4.78 is 0. The fourth-order valence-electron chi connectivity index (χ4n) is 1.36. The molecule has 0 atom stereocenters. The quantitative estimate of drug-likeness (QED) is 0.734. The molecule has 0 amide bonds. The number of allylic oxidation sites excluding steroid dienone is 2. The summed E-state index contributed by atoms with van der Waals surface area (Å²) in [5.41, 5.74) is 1.37. The van der Waals surface area contributed by atoms with Crippen LogP contribution in [0.2, 0.25) is 0 Å². The van der Waals surface area contributed by atoms with E-state index in [1.165, 1.54) is 12.0 Å². The molecular weight excluding hydrogens is 208 g/mol. The van der Waals surface area contributed by atoms with Crippen molar-refractivity contribution in [3.63, 3.8) is 0 Å². The molecule has 0 unspecified atom stereocenters. The number of nitrogens with zero attached hydrogens (tertiary/aromatic N) is 1. The van der Waals surface area contributed by atoms with Crippen molar-refractivity contribution in [1.29, 1.82) is 0 Å². The van der Waals surface area contributed by atoms with Crippen LogP contribution in [0.4, 0.5) is 0 Å². The van der Waals surface area contributed by atoms with Crippen molar-refractivity contribution in [2.75, 3.05) is 0 Å². The number of imidazole rings is 1. The monoisotopic (exact) mass is 234 g/mol. The third kappa shape index (κ3) is 5.53. The Balaban J connectivity index is 0.000000450. The van der Waals surface area contributed by atoms with Crippen molar-refractivity contribution in [3.05, 3.63) is 28.2 Å². The molecule has 0 radical (unpaired) electrons. The van der Waals surface area contributed by atoms with Crippen LogP contribution in [0, 0.1) is 6.92 Å². The van der Waals surface area contributed by atoms with Crippen molar-refractivity contribution in [1.82, 2.24) is 9.97 Å². The Bertz CT molecular complexity index is 450. The second kappa shape index (κ2) is 8.80. The van der Waals surface area contributed by atoms with E-state index >= 15 is 0 Å². The Labute approximate surface area is 105 Å². The minimum Gasteiger partial charge on any atom is -0.342 e. The van der Waals surface area contributed by atoms with Gasteiger partial charge in [0.1, 0.15) is 5.82 Å². The average molecular weight is 234 g/mol. The van der Waals surface area contributed by atoms with Crippen LogP contribution < -0.4 is 10.7 Å². The minimum absolute atomic E-state index is 0.987. The van der Waals surface area contributed by atoms with Crippen LogP contribution in [0.1, 0.15) is 53.3 Å². The smallest absolute Gasteiger partial charge is 0.104 e. The van der Waals surface area contributed by atoms with E-state index in [1.807, 2.05) is 20.8 Å². The largest absolute Gasteiger partial charge is 0.342 e. The van der Waals surface area contributed by atoms with Crippen LogP contribution in [-0.2, 0) is 0 Å². The van der Waals surface area contributed by atoms with Gasteiger partial charge in [-0.15, -0.1) is 0 Å². The van der Waals surface area contributed by atoms with Crippen LogP contribution >= 0.6 is 0 Å². The van der Waals surface area contributed by atoms with Gasteiger partial charge in [-0.1, -0.05) is 51.8 Å². The molecule has 2 heteroatoms. The molecule has 0 fully saturated rings. The number of rotatable bonds is 0. The van der Waals surface area contributed by atoms with E-state index in [0.717, 1.165) is 22.9 Å². The van der Waals surface area contributed by atoms with Gasteiger partial charge in [-0.25, -0.2) is 4.98 Å². The first-order valence-corrected chi connectivity index (χ1v) is 6.57. The van der Waals surface area contributed by atoms with Crippen LogP contribution in [0.3, 0.4) is 0 Å². The molecule has 1 N–H and O–H groups in total. The maximum Gasteiger partial charge on any atom is 0.104 e. The summed E-state index contributed by atoms with van der Waals surface area (Å²) in [6.45, 7) is 12.4. The van der Waals surface area contributed by atoms with Crippen LogP contribution in [0.5, 0.6) is 0 Å². The van der Waals surface area contributed by atoms with Gasteiger partial charge in [-0.05, 0) is 26.3 Å². The highest BCUT2D eigenvalue weighted by Gasteiger charge is 1.95. The molecular formula is C15H26N2. The van der Waals surface area contributed by atoms with E-state index < -0.39 is 0 Å². The standard InChI is InChI=1S/C10H12N2.C3H8.C2H6/c1-7-3-5-9-10(6-4-7)12-8(2)11-9;1-3-2;1-2/h3,5-6H,4H2,1-2H3,(H,11,12);3H2,1-2H3;1-2H3. The van der Waals surface area contributed by atoms with Gasteiger partial charge < -0.3 is 4.98 Å². The predicted octanol–water partition coefficient (Wildman–Crippen LogP) is 3.07. The Hall–Kier alpha value is -1.31. The Morgan fingerprint density at radius 2 is 1.76 bits per heavy atom. The predicted molar refractivity (Wildman–Crippen MR) is 77.2 cm³/mol. The number of aryl methyl sites for hydroxylation is 1. The van der Waals surface area contributed by atoms with Gasteiger partial charge in [0.05, 0.1) is 10.7 Å².